The molecule has 0 spiro atoms. The Morgan fingerprint density at radius 2 is 1.73 bits per heavy atom. The fourth-order valence-corrected chi connectivity index (χ4v) is 3.32. The number of likely N-dealkylation sites (tertiary alicyclic amines) is 1. The van der Waals surface area contributed by atoms with E-state index < -0.39 is 47.7 Å². The molecule has 1 fully saturated rings. The van der Waals surface area contributed by atoms with Crippen LogP contribution in [0.1, 0.15) is 44.9 Å². The Hall–Kier alpha value is -2.73. The van der Waals surface area contributed by atoms with E-state index in [4.69, 9.17) is 17.2 Å². The average molecular weight is 428 g/mol. The first-order chi connectivity index (χ1) is 14.2. The van der Waals surface area contributed by atoms with Crippen LogP contribution in [0.25, 0.3) is 0 Å². The molecule has 0 saturated carbocycles. The molecule has 1 aliphatic rings. The predicted octanol–water partition coefficient (Wildman–Crippen LogP) is -2.62. The highest BCUT2D eigenvalue weighted by molar-refractivity contribution is 5.94. The molecule has 12 heteroatoms. The van der Waals surface area contributed by atoms with E-state index in [1.807, 2.05) is 0 Å². The molecule has 0 bridgehead atoms. The van der Waals surface area contributed by atoms with Gasteiger partial charge in [-0.05, 0) is 45.1 Å². The van der Waals surface area contributed by atoms with Crippen molar-refractivity contribution in [3.8, 4) is 0 Å². The van der Waals surface area contributed by atoms with Gasteiger partial charge in [0.15, 0.2) is 0 Å². The van der Waals surface area contributed by atoms with Crippen molar-refractivity contribution in [3.63, 3.8) is 0 Å². The largest absolute Gasteiger partial charge is 0.480 e. The van der Waals surface area contributed by atoms with Crippen LogP contribution in [0.15, 0.2) is 0 Å². The summed E-state index contributed by atoms with van der Waals surface area (Å²) >= 11 is 0. The number of hydrogen-bond acceptors (Lipinski definition) is 7. The van der Waals surface area contributed by atoms with Crippen molar-refractivity contribution in [2.75, 3.05) is 19.6 Å². The van der Waals surface area contributed by atoms with E-state index in [1.54, 1.807) is 0 Å². The Morgan fingerprint density at radius 3 is 2.30 bits per heavy atom. The van der Waals surface area contributed by atoms with E-state index in [1.165, 1.54) is 4.90 Å². The number of carboxylic acid groups (broad SMARTS) is 1. The molecule has 0 aromatic carbocycles. The van der Waals surface area contributed by atoms with Gasteiger partial charge < -0.3 is 37.8 Å². The monoisotopic (exact) mass is 428 g/mol. The highest BCUT2D eigenvalue weighted by Gasteiger charge is 2.38. The van der Waals surface area contributed by atoms with E-state index in [0.29, 0.717) is 32.2 Å². The van der Waals surface area contributed by atoms with Gasteiger partial charge in [0.25, 0.3) is 0 Å². The summed E-state index contributed by atoms with van der Waals surface area (Å²) in [4.78, 5) is 61.2. The Kier molecular flexibility index (Phi) is 10.8. The minimum Gasteiger partial charge on any atom is -0.480 e. The molecule has 0 radical (unpaired) electrons. The van der Waals surface area contributed by atoms with Gasteiger partial charge in [0.05, 0.1) is 6.54 Å². The summed E-state index contributed by atoms with van der Waals surface area (Å²) in [6.45, 7) is 0.354. The quantitative estimate of drug-likeness (QED) is 0.171. The first kappa shape index (κ1) is 25.3. The van der Waals surface area contributed by atoms with Crippen molar-refractivity contribution in [2.45, 2.75) is 63.1 Å². The molecule has 30 heavy (non-hydrogen) atoms. The number of primary amides is 1. The van der Waals surface area contributed by atoms with Gasteiger partial charge in [-0.15, -0.1) is 0 Å². The Balaban J connectivity index is 2.85. The highest BCUT2D eigenvalue weighted by Crippen LogP contribution is 2.20. The lowest BCUT2D eigenvalue weighted by atomic mass is 10.1. The number of nitrogens with one attached hydrogen (secondary N) is 2. The number of rotatable bonds is 13. The van der Waals surface area contributed by atoms with Crippen molar-refractivity contribution >= 4 is 29.6 Å². The van der Waals surface area contributed by atoms with Crippen LogP contribution in [0.2, 0.25) is 0 Å². The molecule has 9 N–H and O–H groups in total. The Bertz CT molecular complexity index is 643. The minimum absolute atomic E-state index is 0.0262. The third-order valence-electron chi connectivity index (χ3n) is 4.90. The van der Waals surface area contributed by atoms with Gasteiger partial charge in [0, 0.05) is 13.0 Å². The Morgan fingerprint density at radius 1 is 1.03 bits per heavy atom. The number of amides is 4. The van der Waals surface area contributed by atoms with E-state index in [9.17, 15) is 29.1 Å². The molecule has 0 aromatic heterocycles. The zero-order valence-corrected chi connectivity index (χ0v) is 17.0. The number of carbonyl (C=O) groups is 5. The van der Waals surface area contributed by atoms with Crippen molar-refractivity contribution in [1.82, 2.24) is 15.5 Å². The maximum atomic E-state index is 13.0. The van der Waals surface area contributed by atoms with Crippen molar-refractivity contribution in [2.24, 2.45) is 17.2 Å². The van der Waals surface area contributed by atoms with Crippen LogP contribution in [0.3, 0.4) is 0 Å². The number of aliphatic carboxylic acids is 1. The van der Waals surface area contributed by atoms with E-state index in [2.05, 4.69) is 10.6 Å². The van der Waals surface area contributed by atoms with Crippen LogP contribution in [-0.2, 0) is 24.0 Å². The minimum atomic E-state index is -1.16. The van der Waals surface area contributed by atoms with Gasteiger partial charge in [-0.1, -0.05) is 0 Å². The van der Waals surface area contributed by atoms with Gasteiger partial charge in [0.1, 0.15) is 18.1 Å². The molecule has 4 amide bonds. The number of hydrogen-bond donors (Lipinski definition) is 6. The second kappa shape index (κ2) is 12.8. The number of carboxylic acids is 1. The molecule has 3 atom stereocenters. The zero-order chi connectivity index (χ0) is 22.7. The topological polar surface area (TPSA) is 211 Å². The maximum absolute atomic E-state index is 13.0. The van der Waals surface area contributed by atoms with Gasteiger partial charge in [-0.2, -0.15) is 0 Å². The van der Waals surface area contributed by atoms with Gasteiger partial charge >= 0.3 is 5.97 Å². The van der Waals surface area contributed by atoms with E-state index >= 15 is 0 Å². The summed E-state index contributed by atoms with van der Waals surface area (Å²) in [5.74, 6) is -3.48. The van der Waals surface area contributed by atoms with Crippen LogP contribution < -0.4 is 27.8 Å². The molecular weight excluding hydrogens is 396 g/mol. The molecule has 1 saturated heterocycles. The molecule has 12 nitrogen and oxygen atoms in total. The SMILES string of the molecule is NCCCCC(NC(=O)C1CCCN1C(=O)C(CCC(N)=O)NC(=O)CN)C(=O)O. The fourth-order valence-electron chi connectivity index (χ4n) is 3.32. The predicted molar refractivity (Wildman–Crippen MR) is 107 cm³/mol. The molecule has 170 valence electrons. The van der Waals surface area contributed by atoms with Crippen LogP contribution in [0, 0.1) is 0 Å². The average Bonchev–Trinajstić information content (AvgIpc) is 3.19. The van der Waals surface area contributed by atoms with Crippen molar-refractivity contribution in [3.05, 3.63) is 0 Å². The summed E-state index contributed by atoms with van der Waals surface area (Å²) in [6, 6.07) is -2.99. The maximum Gasteiger partial charge on any atom is 0.326 e. The summed E-state index contributed by atoms with van der Waals surface area (Å²) in [5, 5.41) is 14.3. The fraction of sp³-hybridized carbons (Fsp3) is 0.722. The number of unbranched alkanes of at least 4 members (excludes halogenated alkanes) is 1. The van der Waals surface area contributed by atoms with Crippen molar-refractivity contribution < 1.29 is 29.1 Å². The lowest BCUT2D eigenvalue weighted by Gasteiger charge is -2.29. The molecule has 0 aromatic rings. The standard InChI is InChI=1S/C18H32N6O6/c19-8-2-1-4-12(18(29)30)23-16(27)13-5-3-9-24(13)17(28)11(6-7-14(21)25)22-15(26)10-20/h11-13H,1-10,19-20H2,(H2,21,25)(H,22,26)(H,23,27)(H,29,30). The third kappa shape index (κ3) is 7.95. The van der Waals surface area contributed by atoms with Gasteiger partial charge in [-0.25, -0.2) is 4.79 Å². The Labute approximate surface area is 174 Å². The van der Waals surface area contributed by atoms with Crippen LogP contribution in [0.4, 0.5) is 0 Å². The second-order valence-electron chi connectivity index (χ2n) is 7.20. The first-order valence-corrected chi connectivity index (χ1v) is 10.0. The zero-order valence-electron chi connectivity index (χ0n) is 17.0. The summed E-state index contributed by atoms with van der Waals surface area (Å²) in [7, 11) is 0. The van der Waals surface area contributed by atoms with E-state index in [0.717, 1.165) is 0 Å². The smallest absolute Gasteiger partial charge is 0.326 e. The molecule has 3 unspecified atom stereocenters. The first-order valence-electron chi connectivity index (χ1n) is 10.0. The number of nitrogens with two attached hydrogens (primary N) is 3. The van der Waals surface area contributed by atoms with Gasteiger partial charge in [-0.3, -0.25) is 19.2 Å². The van der Waals surface area contributed by atoms with Gasteiger partial charge in [0.2, 0.25) is 23.6 Å². The summed E-state index contributed by atoms with van der Waals surface area (Å²) in [5.41, 5.74) is 15.8. The second-order valence-corrected chi connectivity index (χ2v) is 7.20. The van der Waals surface area contributed by atoms with Crippen LogP contribution in [-0.4, -0.2) is 77.4 Å². The molecular formula is C18H32N6O6. The molecule has 1 heterocycles. The highest BCUT2D eigenvalue weighted by atomic mass is 16.4. The van der Waals surface area contributed by atoms with E-state index in [-0.39, 0.29) is 32.4 Å². The lowest BCUT2D eigenvalue weighted by Crippen LogP contribution is -2.55. The van der Waals surface area contributed by atoms with Crippen molar-refractivity contribution in [1.29, 1.82) is 0 Å². The van der Waals surface area contributed by atoms with Crippen LogP contribution in [0.5, 0.6) is 0 Å². The molecule has 1 aliphatic heterocycles. The van der Waals surface area contributed by atoms with Crippen LogP contribution >= 0.6 is 0 Å². The molecule has 1 rings (SSSR count). The number of carbonyl (C=O) groups excluding carboxylic acids is 4. The number of nitrogens with zero attached hydrogens (tertiary/aromatic N) is 1. The molecule has 0 aliphatic carbocycles. The summed E-state index contributed by atoms with van der Waals surface area (Å²) < 4.78 is 0. The summed E-state index contributed by atoms with van der Waals surface area (Å²) in [6.07, 6.45) is 2.15. The third-order valence-corrected chi connectivity index (χ3v) is 4.90. The lowest BCUT2D eigenvalue weighted by molar-refractivity contribution is -0.145. The normalized spacial score (nSPS) is 17.8.